The summed E-state index contributed by atoms with van der Waals surface area (Å²) in [5.74, 6) is 1.85. The van der Waals surface area contributed by atoms with Crippen LogP contribution in [0.4, 0.5) is 0 Å². The van der Waals surface area contributed by atoms with Crippen LogP contribution in [0.25, 0.3) is 21.9 Å². The third-order valence-electron chi connectivity index (χ3n) is 6.75. The molecule has 0 bridgehead atoms. The zero-order valence-electron chi connectivity index (χ0n) is 21.2. The van der Waals surface area contributed by atoms with Crippen molar-refractivity contribution < 1.29 is 9.15 Å². The molecule has 0 saturated heterocycles. The van der Waals surface area contributed by atoms with E-state index in [2.05, 4.69) is 28.5 Å². The number of aryl methyl sites for hydroxylation is 1. The largest absolute Gasteiger partial charge is 0.494 e. The van der Waals surface area contributed by atoms with Crippen molar-refractivity contribution in [2.45, 2.75) is 38.1 Å². The van der Waals surface area contributed by atoms with E-state index in [0.29, 0.717) is 6.61 Å². The van der Waals surface area contributed by atoms with Gasteiger partial charge < -0.3 is 19.0 Å². The number of benzene rings is 2. The summed E-state index contributed by atoms with van der Waals surface area (Å²) in [6.45, 7) is 1.62. The number of fused-ring (bicyclic) bond motifs is 2. The monoisotopic (exact) mass is 495 g/mol. The fourth-order valence-electron chi connectivity index (χ4n) is 4.75. The molecule has 0 aliphatic carbocycles. The number of furan rings is 1. The minimum atomic E-state index is -0.00459. The van der Waals surface area contributed by atoms with E-state index in [1.807, 2.05) is 60.9 Å². The fourth-order valence-corrected chi connectivity index (χ4v) is 4.75. The summed E-state index contributed by atoms with van der Waals surface area (Å²) in [6, 6.07) is 24.0. The lowest BCUT2D eigenvalue weighted by atomic mass is 10.0. The molecule has 1 N–H and O–H groups in total. The lowest BCUT2D eigenvalue weighted by Gasteiger charge is -2.18. The van der Waals surface area contributed by atoms with Gasteiger partial charge in [0.15, 0.2) is 0 Å². The highest BCUT2D eigenvalue weighted by atomic mass is 16.5. The Morgan fingerprint density at radius 3 is 2.73 bits per heavy atom. The van der Waals surface area contributed by atoms with Crippen LogP contribution in [0.3, 0.4) is 0 Å². The van der Waals surface area contributed by atoms with Gasteiger partial charge in [0.2, 0.25) is 0 Å². The average molecular weight is 496 g/mol. The lowest BCUT2D eigenvalue weighted by molar-refractivity contribution is 0.304. The first-order valence-corrected chi connectivity index (χ1v) is 13.0. The van der Waals surface area contributed by atoms with Gasteiger partial charge in [0.1, 0.15) is 17.1 Å². The first kappa shape index (κ1) is 24.8. The number of hydrogen-bond acceptors (Lipinski definition) is 5. The average Bonchev–Trinajstić information content (AvgIpc) is 3.33. The highest BCUT2D eigenvalue weighted by Gasteiger charge is 2.14. The highest BCUT2D eigenvalue weighted by molar-refractivity contribution is 5.80. The van der Waals surface area contributed by atoms with Crippen LogP contribution in [-0.4, -0.2) is 28.7 Å². The molecule has 0 fully saturated rings. The van der Waals surface area contributed by atoms with E-state index in [9.17, 15) is 4.79 Å². The number of nitrogens with zero attached hydrogens (tertiary/aromatic N) is 2. The van der Waals surface area contributed by atoms with E-state index in [-0.39, 0.29) is 11.6 Å². The summed E-state index contributed by atoms with van der Waals surface area (Å²) < 4.78 is 13.7. The molecule has 1 atom stereocenters. The third-order valence-corrected chi connectivity index (χ3v) is 6.75. The number of unbranched alkanes of at least 4 members (excludes halogenated alkanes) is 2. The molecule has 0 radical (unpaired) electrons. The molecule has 0 spiro atoms. The van der Waals surface area contributed by atoms with Gasteiger partial charge in [-0.2, -0.15) is 0 Å². The number of pyridine rings is 2. The topological polar surface area (TPSA) is 69.3 Å². The van der Waals surface area contributed by atoms with Gasteiger partial charge in [-0.05, 0) is 80.3 Å². The summed E-state index contributed by atoms with van der Waals surface area (Å²) in [4.78, 5) is 16.1. The Labute approximate surface area is 216 Å². The van der Waals surface area contributed by atoms with Gasteiger partial charge in [0.25, 0.3) is 5.56 Å². The summed E-state index contributed by atoms with van der Waals surface area (Å²) in [5, 5.41) is 5.90. The molecule has 6 nitrogen and oxygen atoms in total. The number of aromatic nitrogens is 2. The summed E-state index contributed by atoms with van der Waals surface area (Å²) in [7, 11) is 1.79. The Morgan fingerprint density at radius 2 is 1.86 bits per heavy atom. The normalized spacial score (nSPS) is 12.2. The van der Waals surface area contributed by atoms with Gasteiger partial charge in [-0.25, -0.2) is 0 Å². The maximum atomic E-state index is 11.8. The molecule has 0 aliphatic rings. The lowest BCUT2D eigenvalue weighted by Crippen LogP contribution is -2.34. The minimum Gasteiger partial charge on any atom is -0.494 e. The number of ether oxygens (including phenoxy) is 1. The van der Waals surface area contributed by atoms with Crippen LogP contribution in [0, 0.1) is 0 Å². The molecule has 3 aromatic heterocycles. The van der Waals surface area contributed by atoms with Crippen molar-refractivity contribution in [2.75, 3.05) is 13.2 Å². The fraction of sp³-hybridized carbons (Fsp3) is 0.290. The van der Waals surface area contributed by atoms with Crippen LogP contribution in [0.15, 0.2) is 94.4 Å². The number of para-hydroxylation sites is 1. The van der Waals surface area contributed by atoms with Crippen LogP contribution in [0.2, 0.25) is 0 Å². The first-order valence-electron chi connectivity index (χ1n) is 13.0. The maximum Gasteiger partial charge on any atom is 0.250 e. The smallest absolute Gasteiger partial charge is 0.250 e. The summed E-state index contributed by atoms with van der Waals surface area (Å²) >= 11 is 0. The Bertz CT molecular complexity index is 1470. The van der Waals surface area contributed by atoms with Gasteiger partial charge >= 0.3 is 0 Å². The van der Waals surface area contributed by atoms with E-state index >= 15 is 0 Å². The number of rotatable bonds is 12. The van der Waals surface area contributed by atoms with E-state index in [0.717, 1.165) is 72.0 Å². The molecule has 5 rings (SSSR count). The van der Waals surface area contributed by atoms with Crippen LogP contribution in [-0.2, 0) is 19.9 Å². The molecular formula is C31H33N3O3. The van der Waals surface area contributed by atoms with E-state index in [4.69, 9.17) is 9.15 Å². The van der Waals surface area contributed by atoms with Gasteiger partial charge in [-0.15, -0.1) is 0 Å². The second-order valence-corrected chi connectivity index (χ2v) is 9.53. The van der Waals surface area contributed by atoms with Gasteiger partial charge in [0.05, 0.1) is 12.1 Å². The van der Waals surface area contributed by atoms with Crippen molar-refractivity contribution in [2.24, 2.45) is 7.05 Å². The molecular weight excluding hydrogens is 462 g/mol. The highest BCUT2D eigenvalue weighted by Crippen LogP contribution is 2.21. The molecule has 1 unspecified atom stereocenters. The van der Waals surface area contributed by atoms with Crippen LogP contribution >= 0.6 is 0 Å². The van der Waals surface area contributed by atoms with Crippen molar-refractivity contribution in [3.8, 4) is 5.75 Å². The van der Waals surface area contributed by atoms with Crippen LogP contribution in [0.5, 0.6) is 5.75 Å². The third kappa shape index (κ3) is 6.46. The predicted octanol–water partition coefficient (Wildman–Crippen LogP) is 5.67. The van der Waals surface area contributed by atoms with E-state index in [1.165, 1.54) is 5.56 Å². The van der Waals surface area contributed by atoms with Crippen molar-refractivity contribution in [1.29, 1.82) is 0 Å². The zero-order valence-corrected chi connectivity index (χ0v) is 21.2. The van der Waals surface area contributed by atoms with E-state index < -0.39 is 0 Å². The van der Waals surface area contributed by atoms with Gasteiger partial charge in [-0.1, -0.05) is 24.3 Å². The Morgan fingerprint density at radius 1 is 0.946 bits per heavy atom. The zero-order chi connectivity index (χ0) is 25.5. The molecule has 190 valence electrons. The molecule has 0 amide bonds. The van der Waals surface area contributed by atoms with Crippen molar-refractivity contribution >= 4 is 21.9 Å². The second kappa shape index (κ2) is 11.9. The molecule has 5 aromatic rings. The summed E-state index contributed by atoms with van der Waals surface area (Å²) in [6.07, 6.45) is 8.64. The molecule has 3 heterocycles. The Hall–Kier alpha value is -3.90. The standard InChI is InChI=1S/C31H33N3O3/c1-34-29-13-12-27(19-24(29)11-14-31(34)35)36-17-6-2-5-16-33-26(18-23-8-7-15-32-22-23)21-28-20-25-9-3-4-10-30(25)37-28/h3-4,7-15,19-20,22,26,33H,2,5-6,16-18,21H2,1H3. The van der Waals surface area contributed by atoms with Gasteiger partial charge in [0, 0.05) is 48.7 Å². The van der Waals surface area contributed by atoms with E-state index in [1.54, 1.807) is 17.7 Å². The molecule has 6 heteroatoms. The van der Waals surface area contributed by atoms with Crippen LogP contribution in [0.1, 0.15) is 30.6 Å². The van der Waals surface area contributed by atoms with Crippen molar-refractivity contribution in [3.05, 3.63) is 107 Å². The minimum absolute atomic E-state index is 0.00459. The van der Waals surface area contributed by atoms with Crippen molar-refractivity contribution in [3.63, 3.8) is 0 Å². The quantitative estimate of drug-likeness (QED) is 0.226. The second-order valence-electron chi connectivity index (χ2n) is 9.53. The molecule has 37 heavy (non-hydrogen) atoms. The summed E-state index contributed by atoms with van der Waals surface area (Å²) in [5.41, 5.74) is 3.07. The number of hydrogen-bond donors (Lipinski definition) is 1. The predicted molar refractivity (Wildman–Crippen MR) is 148 cm³/mol. The van der Waals surface area contributed by atoms with Crippen molar-refractivity contribution in [1.82, 2.24) is 14.9 Å². The van der Waals surface area contributed by atoms with Gasteiger partial charge in [-0.3, -0.25) is 9.78 Å². The molecule has 0 saturated carbocycles. The first-order chi connectivity index (χ1) is 18.2. The molecule has 2 aromatic carbocycles. The Balaban J connectivity index is 1.09. The van der Waals surface area contributed by atoms with Crippen LogP contribution < -0.4 is 15.6 Å². The Kier molecular flexibility index (Phi) is 7.96. The SMILES string of the molecule is Cn1c(=O)ccc2cc(OCCCCCNC(Cc3cccnc3)Cc3cc4ccccc4o3)ccc21. The molecule has 0 aliphatic heterocycles. The maximum absolute atomic E-state index is 11.8. The number of nitrogens with one attached hydrogen (secondary N) is 1.